The number of rotatable bonds is 2. The van der Waals surface area contributed by atoms with E-state index in [0.717, 1.165) is 22.8 Å². The molecule has 0 saturated carbocycles. The zero-order chi connectivity index (χ0) is 14.5. The smallest absolute Gasteiger partial charge is 0.0825 e. The Balaban J connectivity index is 2.00. The van der Waals surface area contributed by atoms with E-state index in [1.165, 1.54) is 11.1 Å². The van der Waals surface area contributed by atoms with Gasteiger partial charge in [0.15, 0.2) is 0 Å². The number of halogens is 1. The minimum atomic E-state index is 0.162. The molecule has 0 spiro atoms. The van der Waals surface area contributed by atoms with Crippen molar-refractivity contribution in [2.75, 3.05) is 5.32 Å². The summed E-state index contributed by atoms with van der Waals surface area (Å²) in [5.74, 6) is 0. The normalized spacial score (nSPS) is 19.9. The summed E-state index contributed by atoms with van der Waals surface area (Å²) < 4.78 is 1.85. The van der Waals surface area contributed by atoms with Crippen LogP contribution in [0, 0.1) is 12.3 Å². The van der Waals surface area contributed by atoms with Crippen molar-refractivity contribution >= 4 is 17.3 Å². The van der Waals surface area contributed by atoms with Crippen LogP contribution < -0.4 is 5.32 Å². The lowest BCUT2D eigenvalue weighted by Crippen LogP contribution is -2.24. The maximum Gasteiger partial charge on any atom is 0.0825 e. The van der Waals surface area contributed by atoms with Crippen LogP contribution in [-0.4, -0.2) is 9.78 Å². The topological polar surface area (TPSA) is 29.9 Å². The number of benzene rings is 1. The lowest BCUT2D eigenvalue weighted by molar-refractivity contribution is 0.337. The average molecular weight is 290 g/mol. The average Bonchev–Trinajstić information content (AvgIpc) is 2.78. The molecular weight excluding hydrogens is 270 g/mol. The van der Waals surface area contributed by atoms with E-state index in [9.17, 15) is 0 Å². The monoisotopic (exact) mass is 289 g/mol. The summed E-state index contributed by atoms with van der Waals surface area (Å²) in [7, 11) is 1.95. The Morgan fingerprint density at radius 1 is 1.40 bits per heavy atom. The van der Waals surface area contributed by atoms with Crippen molar-refractivity contribution in [1.82, 2.24) is 9.78 Å². The van der Waals surface area contributed by atoms with Gasteiger partial charge >= 0.3 is 0 Å². The van der Waals surface area contributed by atoms with Crippen molar-refractivity contribution in [3.8, 4) is 0 Å². The number of aryl methyl sites for hydroxylation is 2. The Kier molecular flexibility index (Phi) is 3.05. The minimum Gasteiger partial charge on any atom is -0.375 e. The van der Waals surface area contributed by atoms with Crippen molar-refractivity contribution < 1.29 is 0 Å². The molecule has 1 aromatic heterocycles. The van der Waals surface area contributed by atoms with E-state index >= 15 is 0 Å². The van der Waals surface area contributed by atoms with Gasteiger partial charge in [0.05, 0.1) is 17.4 Å². The molecule has 0 aliphatic heterocycles. The third kappa shape index (κ3) is 2.20. The quantitative estimate of drug-likeness (QED) is 0.901. The van der Waals surface area contributed by atoms with E-state index in [4.69, 9.17) is 11.6 Å². The van der Waals surface area contributed by atoms with Crippen LogP contribution in [0.2, 0.25) is 5.02 Å². The number of nitrogens with zero attached hydrogens (tertiary/aromatic N) is 2. The molecule has 1 aromatic carbocycles. The molecule has 1 atom stereocenters. The highest BCUT2D eigenvalue weighted by molar-refractivity contribution is 6.30. The summed E-state index contributed by atoms with van der Waals surface area (Å²) in [5.41, 5.74) is 4.98. The summed E-state index contributed by atoms with van der Waals surface area (Å²) in [6.07, 6.45) is 3.10. The molecule has 2 aromatic rings. The predicted molar refractivity (Wildman–Crippen MR) is 83.2 cm³/mol. The summed E-state index contributed by atoms with van der Waals surface area (Å²) in [4.78, 5) is 0. The molecule has 0 fully saturated rings. The van der Waals surface area contributed by atoms with E-state index in [0.29, 0.717) is 0 Å². The first kappa shape index (κ1) is 13.5. The van der Waals surface area contributed by atoms with Gasteiger partial charge in [-0.05, 0) is 42.0 Å². The number of hydrogen-bond acceptors (Lipinski definition) is 2. The van der Waals surface area contributed by atoms with Gasteiger partial charge in [-0.2, -0.15) is 5.10 Å². The molecule has 4 heteroatoms. The summed E-state index contributed by atoms with van der Waals surface area (Å²) >= 11 is 6.18. The Morgan fingerprint density at radius 3 is 2.80 bits per heavy atom. The molecule has 3 nitrogen and oxygen atoms in total. The Labute approximate surface area is 124 Å². The molecule has 0 bridgehead atoms. The van der Waals surface area contributed by atoms with E-state index < -0.39 is 0 Å². The lowest BCUT2D eigenvalue weighted by Gasteiger charge is -2.29. The molecule has 1 heterocycles. The number of hydrogen-bond donors (Lipinski definition) is 1. The highest BCUT2D eigenvalue weighted by Crippen LogP contribution is 2.47. The first-order chi connectivity index (χ1) is 9.37. The third-order valence-corrected chi connectivity index (χ3v) is 4.39. The Hall–Kier alpha value is -1.48. The first-order valence-corrected chi connectivity index (χ1v) is 7.30. The summed E-state index contributed by atoms with van der Waals surface area (Å²) in [5, 5.41) is 8.87. The van der Waals surface area contributed by atoms with E-state index in [1.54, 1.807) is 0 Å². The van der Waals surface area contributed by atoms with Gasteiger partial charge < -0.3 is 5.32 Å². The van der Waals surface area contributed by atoms with Crippen LogP contribution in [-0.2, 0) is 13.5 Å². The molecule has 0 amide bonds. The van der Waals surface area contributed by atoms with Gasteiger partial charge in [-0.3, -0.25) is 4.68 Å². The molecule has 106 valence electrons. The van der Waals surface area contributed by atoms with Gasteiger partial charge in [0.25, 0.3) is 0 Å². The summed E-state index contributed by atoms with van der Waals surface area (Å²) in [6.45, 7) is 6.62. The van der Waals surface area contributed by atoms with Gasteiger partial charge in [-0.25, -0.2) is 0 Å². The number of anilines is 1. The number of aromatic nitrogens is 2. The van der Waals surface area contributed by atoms with Crippen molar-refractivity contribution in [3.05, 3.63) is 46.2 Å². The molecule has 1 N–H and O–H groups in total. The predicted octanol–water partition coefficient (Wildman–Crippen LogP) is 4.12. The second kappa shape index (κ2) is 4.52. The second-order valence-electron chi connectivity index (χ2n) is 6.39. The van der Waals surface area contributed by atoms with Crippen molar-refractivity contribution in [2.45, 2.75) is 33.2 Å². The summed E-state index contributed by atoms with van der Waals surface area (Å²) in [6, 6.07) is 6.49. The molecule has 20 heavy (non-hydrogen) atoms. The molecular formula is C16H20ClN3. The molecule has 0 saturated heterocycles. The van der Waals surface area contributed by atoms with E-state index in [1.807, 2.05) is 30.9 Å². The van der Waals surface area contributed by atoms with Crippen LogP contribution in [0.5, 0.6) is 0 Å². The maximum absolute atomic E-state index is 6.18. The largest absolute Gasteiger partial charge is 0.375 e. The van der Waals surface area contributed by atoms with Gasteiger partial charge in [0.2, 0.25) is 0 Å². The fraction of sp³-hybridized carbons (Fsp3) is 0.438. The third-order valence-electron chi connectivity index (χ3n) is 4.16. The number of fused-ring (bicyclic) bond motifs is 1. The fourth-order valence-corrected chi connectivity index (χ4v) is 3.36. The van der Waals surface area contributed by atoms with E-state index in [-0.39, 0.29) is 11.5 Å². The second-order valence-corrected chi connectivity index (χ2v) is 6.82. The van der Waals surface area contributed by atoms with Crippen molar-refractivity contribution in [3.63, 3.8) is 0 Å². The van der Waals surface area contributed by atoms with Crippen LogP contribution in [0.1, 0.15) is 36.7 Å². The van der Waals surface area contributed by atoms with Crippen LogP contribution in [0.15, 0.2) is 24.4 Å². The number of nitrogens with one attached hydrogen (secondary N) is 1. The Bertz CT molecular complexity index is 658. The Morgan fingerprint density at radius 2 is 2.15 bits per heavy atom. The van der Waals surface area contributed by atoms with Crippen LogP contribution >= 0.6 is 11.6 Å². The molecule has 0 radical (unpaired) electrons. The van der Waals surface area contributed by atoms with Gasteiger partial charge in [0, 0.05) is 18.3 Å². The molecule has 1 aliphatic rings. The fourth-order valence-electron chi connectivity index (χ4n) is 3.18. The molecule has 1 aliphatic carbocycles. The van der Waals surface area contributed by atoms with Crippen molar-refractivity contribution in [1.29, 1.82) is 0 Å². The highest BCUT2D eigenvalue weighted by atomic mass is 35.5. The zero-order valence-corrected chi connectivity index (χ0v) is 13.1. The van der Waals surface area contributed by atoms with Crippen LogP contribution in [0.3, 0.4) is 0 Å². The first-order valence-electron chi connectivity index (χ1n) is 6.92. The van der Waals surface area contributed by atoms with Crippen LogP contribution in [0.4, 0.5) is 5.69 Å². The van der Waals surface area contributed by atoms with Crippen molar-refractivity contribution in [2.24, 2.45) is 12.5 Å². The van der Waals surface area contributed by atoms with Gasteiger partial charge in [0.1, 0.15) is 0 Å². The zero-order valence-electron chi connectivity index (χ0n) is 12.4. The highest BCUT2D eigenvalue weighted by Gasteiger charge is 2.39. The van der Waals surface area contributed by atoms with Crippen LogP contribution in [0.25, 0.3) is 0 Å². The minimum absolute atomic E-state index is 0.162. The van der Waals surface area contributed by atoms with Gasteiger partial charge in [-0.15, -0.1) is 0 Å². The van der Waals surface area contributed by atoms with E-state index in [2.05, 4.69) is 36.4 Å². The maximum atomic E-state index is 6.18. The SMILES string of the molecule is Cc1nn(C)cc1NC1c2cc(Cl)ccc2CC1(C)C. The lowest BCUT2D eigenvalue weighted by atomic mass is 9.85. The molecule has 1 unspecified atom stereocenters. The molecule has 3 rings (SSSR count). The van der Waals surface area contributed by atoms with Gasteiger partial charge in [-0.1, -0.05) is 31.5 Å². The standard InChI is InChI=1S/C16H20ClN3/c1-10-14(9-20(4)19-10)18-15-13-7-12(17)6-5-11(13)8-16(15,2)3/h5-7,9,15,18H,8H2,1-4H3.